The van der Waals surface area contributed by atoms with E-state index in [0.717, 1.165) is 19.3 Å². The molecular formula is C8H14O. The molecule has 0 bridgehead atoms. The van der Waals surface area contributed by atoms with Crippen molar-refractivity contribution in [1.29, 1.82) is 0 Å². The molecule has 2 radical (unpaired) electrons. The van der Waals surface area contributed by atoms with Crippen LogP contribution in [0.4, 0.5) is 0 Å². The molecule has 0 heterocycles. The molecule has 0 N–H and O–H groups in total. The highest BCUT2D eigenvalue weighted by Gasteiger charge is 1.98. The second-order valence-electron chi connectivity index (χ2n) is 2.10. The van der Waals surface area contributed by atoms with Crippen LogP contribution in [0.2, 0.25) is 0 Å². The molecule has 0 aromatic carbocycles. The van der Waals surface area contributed by atoms with Crippen molar-refractivity contribution in [3.8, 4) is 0 Å². The van der Waals surface area contributed by atoms with Crippen molar-refractivity contribution in [2.45, 2.75) is 39.5 Å². The molecule has 0 aliphatic carbocycles. The molecule has 0 aromatic heterocycles. The highest BCUT2D eigenvalue weighted by molar-refractivity contribution is 5.86. The van der Waals surface area contributed by atoms with Gasteiger partial charge in [-0.15, -0.1) is 0 Å². The van der Waals surface area contributed by atoms with Crippen molar-refractivity contribution in [1.82, 2.24) is 0 Å². The maximum absolute atomic E-state index is 10.7. The van der Waals surface area contributed by atoms with Crippen molar-refractivity contribution in [2.75, 3.05) is 0 Å². The van der Waals surface area contributed by atoms with Crippen molar-refractivity contribution < 1.29 is 4.79 Å². The largest absolute Gasteiger partial charge is 0.299 e. The predicted molar refractivity (Wildman–Crippen MR) is 38.1 cm³/mol. The Morgan fingerprint density at radius 3 is 2.44 bits per heavy atom. The SMILES string of the molecule is CCC[C]C(=O)CCC. The van der Waals surface area contributed by atoms with Crippen LogP contribution in [-0.4, -0.2) is 5.78 Å². The van der Waals surface area contributed by atoms with Gasteiger partial charge in [0, 0.05) is 6.42 Å². The summed E-state index contributed by atoms with van der Waals surface area (Å²) < 4.78 is 0. The quantitative estimate of drug-likeness (QED) is 0.552. The topological polar surface area (TPSA) is 17.1 Å². The molecule has 0 aromatic rings. The molecule has 0 aliphatic heterocycles. The summed E-state index contributed by atoms with van der Waals surface area (Å²) in [6, 6.07) is 0. The number of hydrogen-bond donors (Lipinski definition) is 0. The van der Waals surface area contributed by atoms with Gasteiger partial charge in [0.05, 0.1) is 6.42 Å². The van der Waals surface area contributed by atoms with Gasteiger partial charge in [-0.3, -0.25) is 4.79 Å². The number of unbranched alkanes of at least 4 members (excludes halogenated alkanes) is 1. The zero-order chi connectivity index (χ0) is 7.11. The number of carbonyl (C=O) groups is 1. The number of ketones is 1. The third kappa shape index (κ3) is 5.54. The Kier molecular flexibility index (Phi) is 5.59. The minimum atomic E-state index is 0.180. The number of hydrogen-bond acceptors (Lipinski definition) is 1. The Labute approximate surface area is 57.5 Å². The highest BCUT2D eigenvalue weighted by atomic mass is 16.1. The van der Waals surface area contributed by atoms with E-state index in [1.54, 1.807) is 0 Å². The van der Waals surface area contributed by atoms with Crippen molar-refractivity contribution in [2.24, 2.45) is 0 Å². The van der Waals surface area contributed by atoms with Gasteiger partial charge in [0.2, 0.25) is 0 Å². The van der Waals surface area contributed by atoms with Crippen molar-refractivity contribution >= 4 is 5.78 Å². The van der Waals surface area contributed by atoms with Gasteiger partial charge >= 0.3 is 0 Å². The lowest BCUT2D eigenvalue weighted by Crippen LogP contribution is -1.96. The fourth-order valence-corrected chi connectivity index (χ4v) is 0.580. The second-order valence-corrected chi connectivity index (χ2v) is 2.10. The molecule has 1 nitrogen and oxygen atoms in total. The summed E-state index contributed by atoms with van der Waals surface area (Å²) in [5.41, 5.74) is 0. The summed E-state index contributed by atoms with van der Waals surface area (Å²) in [6.45, 7) is 4.05. The normalized spacial score (nSPS) is 9.56. The van der Waals surface area contributed by atoms with E-state index >= 15 is 0 Å². The molecule has 0 saturated heterocycles. The van der Waals surface area contributed by atoms with Crippen LogP contribution in [0.15, 0.2) is 0 Å². The molecule has 1 heteroatoms. The molecule has 52 valence electrons. The Morgan fingerprint density at radius 2 is 2.00 bits per heavy atom. The molecule has 0 atom stereocenters. The van der Waals surface area contributed by atoms with Gasteiger partial charge in [-0.1, -0.05) is 20.3 Å². The maximum Gasteiger partial charge on any atom is 0.141 e. The summed E-state index contributed by atoms with van der Waals surface area (Å²) in [5.74, 6) is 0.180. The zero-order valence-electron chi connectivity index (χ0n) is 6.24. The lowest BCUT2D eigenvalue weighted by Gasteiger charge is -1.92. The Hall–Kier alpha value is -0.330. The molecule has 9 heavy (non-hydrogen) atoms. The predicted octanol–water partition coefficient (Wildman–Crippen LogP) is 2.24. The molecule has 0 spiro atoms. The first-order valence-corrected chi connectivity index (χ1v) is 3.58. The Balaban J connectivity index is 3.06. The molecular weight excluding hydrogens is 112 g/mol. The van der Waals surface area contributed by atoms with E-state index in [2.05, 4.69) is 6.42 Å². The van der Waals surface area contributed by atoms with Gasteiger partial charge in [-0.05, 0) is 12.8 Å². The maximum atomic E-state index is 10.7. The van der Waals surface area contributed by atoms with Gasteiger partial charge in [0.1, 0.15) is 5.78 Å². The van der Waals surface area contributed by atoms with Crippen LogP contribution < -0.4 is 0 Å². The average Bonchev–Trinajstić information content (AvgIpc) is 1.85. The summed E-state index contributed by atoms with van der Waals surface area (Å²) in [4.78, 5) is 10.7. The molecule has 0 saturated carbocycles. The second kappa shape index (κ2) is 5.80. The fraction of sp³-hybridized carbons (Fsp3) is 0.750. The van der Waals surface area contributed by atoms with Gasteiger partial charge in [-0.2, -0.15) is 0 Å². The summed E-state index contributed by atoms with van der Waals surface area (Å²) in [6.07, 6.45) is 6.24. The third-order valence-corrected chi connectivity index (χ3v) is 1.05. The van der Waals surface area contributed by atoms with Gasteiger partial charge < -0.3 is 0 Å². The first-order valence-electron chi connectivity index (χ1n) is 3.58. The highest BCUT2D eigenvalue weighted by Crippen LogP contribution is 1.98. The first-order chi connectivity index (χ1) is 4.31. The van der Waals surface area contributed by atoms with Crippen LogP contribution in [0.1, 0.15) is 39.5 Å². The van der Waals surface area contributed by atoms with Gasteiger partial charge in [0.15, 0.2) is 0 Å². The molecule has 0 rings (SSSR count). The first kappa shape index (κ1) is 8.67. The van der Waals surface area contributed by atoms with Crippen molar-refractivity contribution in [3.05, 3.63) is 6.42 Å². The van der Waals surface area contributed by atoms with Crippen LogP contribution in [0, 0.1) is 6.42 Å². The Morgan fingerprint density at radius 1 is 1.33 bits per heavy atom. The van der Waals surface area contributed by atoms with E-state index < -0.39 is 0 Å². The number of rotatable bonds is 5. The van der Waals surface area contributed by atoms with Gasteiger partial charge in [0.25, 0.3) is 0 Å². The van der Waals surface area contributed by atoms with E-state index in [1.807, 2.05) is 13.8 Å². The van der Waals surface area contributed by atoms with Crippen LogP contribution in [0.3, 0.4) is 0 Å². The molecule has 0 fully saturated rings. The zero-order valence-corrected chi connectivity index (χ0v) is 6.24. The molecule has 0 amide bonds. The smallest absolute Gasteiger partial charge is 0.141 e. The van der Waals surface area contributed by atoms with E-state index in [0.29, 0.717) is 6.42 Å². The standard InChI is InChI=1S/C8H14O/c1-3-5-7-8(9)6-4-2/h3-6H2,1-2H3. The fourth-order valence-electron chi connectivity index (χ4n) is 0.580. The van der Waals surface area contributed by atoms with Crippen molar-refractivity contribution in [3.63, 3.8) is 0 Å². The summed E-state index contributed by atoms with van der Waals surface area (Å²) >= 11 is 0. The lowest BCUT2D eigenvalue weighted by atomic mass is 10.1. The van der Waals surface area contributed by atoms with Crippen LogP contribution >= 0.6 is 0 Å². The average molecular weight is 126 g/mol. The third-order valence-electron chi connectivity index (χ3n) is 1.05. The molecule has 0 aliphatic rings. The minimum Gasteiger partial charge on any atom is -0.299 e. The van der Waals surface area contributed by atoms with E-state index in [9.17, 15) is 4.79 Å². The Bertz CT molecular complexity index is 76.6. The number of carbonyl (C=O) groups excluding carboxylic acids is 1. The van der Waals surface area contributed by atoms with E-state index in [1.165, 1.54) is 0 Å². The minimum absolute atomic E-state index is 0.180. The summed E-state index contributed by atoms with van der Waals surface area (Å²) in [7, 11) is 0. The van der Waals surface area contributed by atoms with Crippen LogP contribution in [0.25, 0.3) is 0 Å². The number of Topliss-reactive ketones (excluding diaryl/α,β-unsaturated/α-hetero) is 1. The summed E-state index contributed by atoms with van der Waals surface area (Å²) in [5, 5.41) is 0. The van der Waals surface area contributed by atoms with Crippen LogP contribution in [-0.2, 0) is 4.79 Å². The molecule has 0 unspecified atom stereocenters. The lowest BCUT2D eigenvalue weighted by molar-refractivity contribution is -0.116. The van der Waals surface area contributed by atoms with Gasteiger partial charge in [-0.25, -0.2) is 0 Å². The monoisotopic (exact) mass is 126 g/mol. The van der Waals surface area contributed by atoms with E-state index in [4.69, 9.17) is 0 Å². The van der Waals surface area contributed by atoms with Crippen LogP contribution in [0.5, 0.6) is 0 Å². The van der Waals surface area contributed by atoms with E-state index in [-0.39, 0.29) is 5.78 Å².